The topological polar surface area (TPSA) is 44.0 Å². The Balaban J connectivity index is 2.43. The Morgan fingerprint density at radius 2 is 2.25 bits per heavy atom. The quantitative estimate of drug-likeness (QED) is 0.804. The van der Waals surface area contributed by atoms with Crippen molar-refractivity contribution >= 4 is 11.8 Å². The van der Waals surface area contributed by atoms with Crippen LogP contribution in [0.5, 0.6) is 0 Å². The van der Waals surface area contributed by atoms with Crippen molar-refractivity contribution in [3.63, 3.8) is 0 Å². The lowest BCUT2D eigenvalue weighted by Crippen LogP contribution is -2.27. The van der Waals surface area contributed by atoms with Crippen molar-refractivity contribution < 1.29 is 5.11 Å². The maximum absolute atomic E-state index is 9.13. The Hall–Kier alpha value is -0.200. The highest BCUT2D eigenvalue weighted by molar-refractivity contribution is 7.99. The van der Waals surface area contributed by atoms with Crippen molar-refractivity contribution in [2.75, 3.05) is 12.4 Å². The van der Waals surface area contributed by atoms with Crippen LogP contribution < -0.4 is 0 Å². The van der Waals surface area contributed by atoms with Crippen LogP contribution in [-0.2, 0) is 0 Å². The molecular formula is C13H23NOS. The fourth-order valence-corrected chi connectivity index (χ4v) is 3.77. The van der Waals surface area contributed by atoms with Crippen LogP contribution in [0.3, 0.4) is 0 Å². The predicted octanol–water partition coefficient (Wildman–Crippen LogP) is 3.07. The molecule has 1 aliphatic carbocycles. The van der Waals surface area contributed by atoms with E-state index in [1.165, 1.54) is 19.3 Å². The number of thioether (sulfide) groups is 1. The molecule has 0 amide bonds. The van der Waals surface area contributed by atoms with E-state index < -0.39 is 0 Å². The maximum Gasteiger partial charge on any atom is 0.0667 e. The minimum Gasteiger partial charge on any atom is -0.396 e. The molecule has 0 aromatic carbocycles. The maximum atomic E-state index is 9.13. The van der Waals surface area contributed by atoms with Crippen molar-refractivity contribution in [1.82, 2.24) is 0 Å². The molecule has 1 N–H and O–H groups in total. The van der Waals surface area contributed by atoms with E-state index in [1.807, 2.05) is 11.8 Å². The smallest absolute Gasteiger partial charge is 0.0667 e. The zero-order valence-corrected chi connectivity index (χ0v) is 11.2. The molecule has 0 bridgehead atoms. The van der Waals surface area contributed by atoms with Gasteiger partial charge in [-0.3, -0.25) is 0 Å². The summed E-state index contributed by atoms with van der Waals surface area (Å²) in [6, 6.07) is 2.46. The van der Waals surface area contributed by atoms with Gasteiger partial charge in [-0.25, -0.2) is 0 Å². The highest BCUT2D eigenvalue weighted by Gasteiger charge is 2.30. The van der Waals surface area contributed by atoms with Crippen molar-refractivity contribution in [2.24, 2.45) is 17.8 Å². The van der Waals surface area contributed by atoms with Gasteiger partial charge in [0, 0.05) is 11.9 Å². The van der Waals surface area contributed by atoms with E-state index >= 15 is 0 Å². The zero-order chi connectivity index (χ0) is 12.0. The van der Waals surface area contributed by atoms with Gasteiger partial charge < -0.3 is 5.11 Å². The molecule has 92 valence electrons. The van der Waals surface area contributed by atoms with Gasteiger partial charge in [0.15, 0.2) is 0 Å². The second-order valence-electron chi connectivity index (χ2n) is 4.98. The molecule has 0 aliphatic heterocycles. The number of hydrogen-bond acceptors (Lipinski definition) is 3. The summed E-state index contributed by atoms with van der Waals surface area (Å²) in [7, 11) is 0. The second kappa shape index (κ2) is 7.19. The Kier molecular flexibility index (Phi) is 6.23. The molecule has 0 radical (unpaired) electrons. The van der Waals surface area contributed by atoms with Crippen LogP contribution in [0.25, 0.3) is 0 Å². The number of aliphatic hydroxyl groups is 1. The number of aliphatic hydroxyl groups excluding tert-OH is 1. The van der Waals surface area contributed by atoms with Crippen LogP contribution in [0.4, 0.5) is 0 Å². The number of nitrogens with zero attached hydrogens (tertiary/aromatic N) is 1. The molecular weight excluding hydrogens is 218 g/mol. The molecule has 1 aliphatic rings. The lowest BCUT2D eigenvalue weighted by atomic mass is 9.81. The lowest BCUT2D eigenvalue weighted by Gasteiger charge is -2.32. The molecule has 0 saturated heterocycles. The van der Waals surface area contributed by atoms with Crippen LogP contribution in [-0.4, -0.2) is 22.7 Å². The van der Waals surface area contributed by atoms with Gasteiger partial charge in [-0.15, -0.1) is 0 Å². The highest BCUT2D eigenvalue weighted by Crippen LogP contribution is 2.38. The first-order valence-electron chi connectivity index (χ1n) is 6.33. The molecule has 0 spiro atoms. The van der Waals surface area contributed by atoms with Gasteiger partial charge in [-0.2, -0.15) is 17.0 Å². The van der Waals surface area contributed by atoms with E-state index in [4.69, 9.17) is 10.4 Å². The molecule has 4 atom stereocenters. The van der Waals surface area contributed by atoms with E-state index in [2.05, 4.69) is 19.9 Å². The van der Waals surface area contributed by atoms with E-state index in [1.54, 1.807) is 0 Å². The lowest BCUT2D eigenvalue weighted by molar-refractivity contribution is 0.250. The zero-order valence-electron chi connectivity index (χ0n) is 10.4. The number of nitriles is 1. The fraction of sp³-hybridized carbons (Fsp3) is 0.923. The Morgan fingerprint density at radius 3 is 2.81 bits per heavy atom. The first kappa shape index (κ1) is 13.9. The van der Waals surface area contributed by atoms with E-state index in [-0.39, 0.29) is 12.5 Å². The van der Waals surface area contributed by atoms with E-state index in [0.29, 0.717) is 11.2 Å². The summed E-state index contributed by atoms with van der Waals surface area (Å²) in [6.07, 6.45) is 4.73. The van der Waals surface area contributed by atoms with Crippen molar-refractivity contribution in [2.45, 2.75) is 44.8 Å². The van der Waals surface area contributed by atoms with E-state index in [9.17, 15) is 0 Å². The summed E-state index contributed by atoms with van der Waals surface area (Å²) in [5, 5.41) is 18.6. The van der Waals surface area contributed by atoms with Crippen molar-refractivity contribution in [1.29, 1.82) is 5.26 Å². The Morgan fingerprint density at radius 1 is 1.50 bits per heavy atom. The van der Waals surface area contributed by atoms with Crippen LogP contribution in [0, 0.1) is 29.1 Å². The molecule has 1 saturated carbocycles. The van der Waals surface area contributed by atoms with E-state index in [0.717, 1.165) is 18.1 Å². The SMILES string of the molecule is CCC1CCC(C#N)C(SCC(C)CO)C1. The molecule has 0 aromatic heterocycles. The normalized spacial score (nSPS) is 32.0. The average Bonchev–Trinajstić information content (AvgIpc) is 2.35. The van der Waals surface area contributed by atoms with Crippen molar-refractivity contribution in [3.05, 3.63) is 0 Å². The van der Waals surface area contributed by atoms with Gasteiger partial charge >= 0.3 is 0 Å². The molecule has 1 rings (SSSR count). The summed E-state index contributed by atoms with van der Waals surface area (Å²) in [4.78, 5) is 0. The van der Waals surface area contributed by atoms with Gasteiger partial charge in [0.05, 0.1) is 12.0 Å². The van der Waals surface area contributed by atoms with Gasteiger partial charge in [-0.1, -0.05) is 20.3 Å². The first-order chi connectivity index (χ1) is 7.71. The summed E-state index contributed by atoms with van der Waals surface area (Å²) in [6.45, 7) is 4.57. The highest BCUT2D eigenvalue weighted by atomic mass is 32.2. The third kappa shape index (κ3) is 3.99. The summed E-state index contributed by atoms with van der Waals surface area (Å²) in [5.74, 6) is 2.38. The molecule has 4 unspecified atom stereocenters. The minimum atomic E-state index is 0.235. The molecule has 1 fully saturated rings. The number of hydrogen-bond donors (Lipinski definition) is 1. The van der Waals surface area contributed by atoms with Crippen LogP contribution in [0.15, 0.2) is 0 Å². The summed E-state index contributed by atoms with van der Waals surface area (Å²) >= 11 is 1.90. The molecule has 2 nitrogen and oxygen atoms in total. The standard InChI is InChI=1S/C13H23NOS/c1-3-11-4-5-12(7-14)13(6-11)16-9-10(2)8-15/h10-13,15H,3-6,8-9H2,1-2H3. The monoisotopic (exact) mass is 241 g/mol. The van der Waals surface area contributed by atoms with Gasteiger partial charge in [0.1, 0.15) is 0 Å². The van der Waals surface area contributed by atoms with Gasteiger partial charge in [0.2, 0.25) is 0 Å². The van der Waals surface area contributed by atoms with Crippen LogP contribution >= 0.6 is 11.8 Å². The fourth-order valence-electron chi connectivity index (χ4n) is 2.26. The predicted molar refractivity (Wildman–Crippen MR) is 69.2 cm³/mol. The molecule has 3 heteroatoms. The number of rotatable bonds is 5. The summed E-state index contributed by atoms with van der Waals surface area (Å²) < 4.78 is 0. The Labute approximate surface area is 103 Å². The first-order valence-corrected chi connectivity index (χ1v) is 7.38. The minimum absolute atomic E-state index is 0.235. The third-order valence-corrected chi connectivity index (χ3v) is 5.26. The largest absolute Gasteiger partial charge is 0.396 e. The molecule has 0 aromatic rings. The van der Waals surface area contributed by atoms with Crippen molar-refractivity contribution in [3.8, 4) is 6.07 Å². The molecule has 0 heterocycles. The van der Waals surface area contributed by atoms with Crippen LogP contribution in [0.1, 0.15) is 39.5 Å². The Bertz CT molecular complexity index is 239. The average molecular weight is 241 g/mol. The van der Waals surface area contributed by atoms with Gasteiger partial charge in [-0.05, 0) is 36.9 Å². The van der Waals surface area contributed by atoms with Crippen LogP contribution in [0.2, 0.25) is 0 Å². The molecule has 16 heavy (non-hydrogen) atoms. The second-order valence-corrected chi connectivity index (χ2v) is 6.25. The van der Waals surface area contributed by atoms with Gasteiger partial charge in [0.25, 0.3) is 0 Å². The third-order valence-electron chi connectivity index (χ3n) is 3.55. The summed E-state index contributed by atoms with van der Waals surface area (Å²) in [5.41, 5.74) is 0.